The van der Waals surface area contributed by atoms with Crippen molar-refractivity contribution in [3.8, 4) is 5.75 Å². The lowest BCUT2D eigenvalue weighted by atomic mass is 10.1. The summed E-state index contributed by atoms with van der Waals surface area (Å²) < 4.78 is 38.1. The molecule has 2 aromatic carbocycles. The first-order chi connectivity index (χ1) is 13.7. The van der Waals surface area contributed by atoms with Crippen molar-refractivity contribution in [2.24, 2.45) is 0 Å². The predicted molar refractivity (Wildman–Crippen MR) is 111 cm³/mol. The van der Waals surface area contributed by atoms with E-state index in [2.05, 4.69) is 5.32 Å². The number of benzene rings is 2. The smallest absolute Gasteiger partial charge is 0.255 e. The van der Waals surface area contributed by atoms with E-state index in [0.717, 1.165) is 5.56 Å². The van der Waals surface area contributed by atoms with E-state index in [-0.39, 0.29) is 23.0 Å². The lowest BCUT2D eigenvalue weighted by Gasteiger charge is -2.34. The zero-order chi connectivity index (χ0) is 21.2. The van der Waals surface area contributed by atoms with Crippen molar-refractivity contribution in [3.05, 3.63) is 53.6 Å². The van der Waals surface area contributed by atoms with Crippen LogP contribution >= 0.6 is 0 Å². The number of carbonyl (C=O) groups is 1. The number of hydrogen-bond acceptors (Lipinski definition) is 5. The molecule has 1 amide bonds. The van der Waals surface area contributed by atoms with E-state index >= 15 is 0 Å². The average molecular weight is 419 g/mol. The highest BCUT2D eigenvalue weighted by Gasteiger charge is 2.32. The van der Waals surface area contributed by atoms with Crippen LogP contribution in [0.4, 0.5) is 5.69 Å². The minimum Gasteiger partial charge on any atom is -0.496 e. The lowest BCUT2D eigenvalue weighted by molar-refractivity contribution is -0.0440. The van der Waals surface area contributed by atoms with Gasteiger partial charge in [-0.3, -0.25) is 4.79 Å². The van der Waals surface area contributed by atoms with E-state index in [1.54, 1.807) is 31.4 Å². The van der Waals surface area contributed by atoms with Gasteiger partial charge in [0.25, 0.3) is 5.91 Å². The fourth-order valence-corrected chi connectivity index (χ4v) is 4.94. The summed E-state index contributed by atoms with van der Waals surface area (Å²) in [6, 6.07) is 11.4. The van der Waals surface area contributed by atoms with Crippen molar-refractivity contribution in [3.63, 3.8) is 0 Å². The van der Waals surface area contributed by atoms with E-state index in [1.165, 1.54) is 16.4 Å². The summed E-state index contributed by atoms with van der Waals surface area (Å²) in [7, 11) is -2.06. The van der Waals surface area contributed by atoms with Crippen molar-refractivity contribution < 1.29 is 22.7 Å². The Morgan fingerprint density at radius 3 is 2.31 bits per heavy atom. The predicted octanol–water partition coefficient (Wildman–Crippen LogP) is 3.05. The molecule has 29 heavy (non-hydrogen) atoms. The van der Waals surface area contributed by atoms with Gasteiger partial charge in [-0.15, -0.1) is 0 Å². The van der Waals surface area contributed by atoms with Gasteiger partial charge in [-0.2, -0.15) is 4.31 Å². The molecule has 8 heteroatoms. The molecule has 0 saturated carbocycles. The molecule has 1 fully saturated rings. The van der Waals surface area contributed by atoms with Gasteiger partial charge in [0, 0.05) is 24.3 Å². The number of rotatable bonds is 5. The van der Waals surface area contributed by atoms with Crippen LogP contribution in [-0.4, -0.2) is 51.0 Å². The van der Waals surface area contributed by atoms with Gasteiger partial charge >= 0.3 is 0 Å². The second kappa shape index (κ2) is 8.52. The van der Waals surface area contributed by atoms with Crippen molar-refractivity contribution >= 4 is 21.6 Å². The number of hydrogen-bond donors (Lipinski definition) is 1. The first-order valence-corrected chi connectivity index (χ1v) is 10.9. The maximum absolute atomic E-state index is 12.9. The molecule has 0 spiro atoms. The molecular weight excluding hydrogens is 392 g/mol. The number of methoxy groups -OCH3 is 1. The zero-order valence-corrected chi connectivity index (χ0v) is 17.8. The SMILES string of the molecule is COc1cc(C(=O)Nc2ccc(S(=O)(=O)N3CC(C)OC(C)C3)cc2)ccc1C. The van der Waals surface area contributed by atoms with Gasteiger partial charge in [-0.25, -0.2) is 8.42 Å². The third-order valence-corrected chi connectivity index (χ3v) is 6.65. The molecule has 3 rings (SSSR count). The summed E-state index contributed by atoms with van der Waals surface area (Å²) in [5.74, 6) is 0.336. The third kappa shape index (κ3) is 4.77. The molecule has 1 N–H and O–H groups in total. The van der Waals surface area contributed by atoms with Crippen LogP contribution in [-0.2, 0) is 14.8 Å². The Balaban J connectivity index is 1.74. The van der Waals surface area contributed by atoms with Gasteiger partial charge < -0.3 is 14.8 Å². The first-order valence-electron chi connectivity index (χ1n) is 9.42. The Morgan fingerprint density at radius 1 is 1.10 bits per heavy atom. The molecule has 0 aliphatic carbocycles. The molecule has 7 nitrogen and oxygen atoms in total. The summed E-state index contributed by atoms with van der Waals surface area (Å²) in [6.45, 7) is 6.25. The molecule has 1 aliphatic rings. The minimum atomic E-state index is -3.61. The lowest BCUT2D eigenvalue weighted by Crippen LogP contribution is -2.48. The Hall–Kier alpha value is -2.42. The van der Waals surface area contributed by atoms with E-state index in [4.69, 9.17) is 9.47 Å². The van der Waals surface area contributed by atoms with Crippen molar-refractivity contribution in [1.29, 1.82) is 0 Å². The number of morpholine rings is 1. The number of carbonyl (C=O) groups excluding carboxylic acids is 1. The van der Waals surface area contributed by atoms with E-state index in [1.807, 2.05) is 26.8 Å². The van der Waals surface area contributed by atoms with E-state index in [9.17, 15) is 13.2 Å². The molecule has 2 aromatic rings. The van der Waals surface area contributed by atoms with Crippen LogP contribution in [0.1, 0.15) is 29.8 Å². The van der Waals surface area contributed by atoms with Crippen LogP contribution in [0.3, 0.4) is 0 Å². The molecule has 0 bridgehead atoms. The van der Waals surface area contributed by atoms with Gasteiger partial charge in [-0.05, 0) is 62.7 Å². The highest BCUT2D eigenvalue weighted by atomic mass is 32.2. The van der Waals surface area contributed by atoms with Crippen LogP contribution in [0.15, 0.2) is 47.4 Å². The van der Waals surface area contributed by atoms with E-state index in [0.29, 0.717) is 30.1 Å². The Morgan fingerprint density at radius 2 is 1.72 bits per heavy atom. The number of aryl methyl sites for hydroxylation is 1. The van der Waals surface area contributed by atoms with Crippen LogP contribution < -0.4 is 10.1 Å². The van der Waals surface area contributed by atoms with Crippen LogP contribution in [0.5, 0.6) is 5.75 Å². The number of ether oxygens (including phenoxy) is 2. The number of sulfonamides is 1. The summed E-state index contributed by atoms with van der Waals surface area (Å²) in [5, 5.41) is 2.78. The standard InChI is InChI=1S/C21H26N2O5S/c1-14-5-6-17(11-20(14)27-4)21(24)22-18-7-9-19(10-8-18)29(25,26)23-12-15(2)28-16(3)13-23/h5-11,15-16H,12-13H2,1-4H3,(H,22,24). The molecular formula is C21H26N2O5S. The highest BCUT2D eigenvalue weighted by molar-refractivity contribution is 7.89. The van der Waals surface area contributed by atoms with Gasteiger partial charge in [0.05, 0.1) is 24.2 Å². The largest absolute Gasteiger partial charge is 0.496 e. The van der Waals surface area contributed by atoms with Gasteiger partial charge in [0.15, 0.2) is 0 Å². The zero-order valence-electron chi connectivity index (χ0n) is 17.0. The summed E-state index contributed by atoms with van der Waals surface area (Å²) in [4.78, 5) is 12.7. The maximum Gasteiger partial charge on any atom is 0.255 e. The number of nitrogens with zero attached hydrogens (tertiary/aromatic N) is 1. The summed E-state index contributed by atoms with van der Waals surface area (Å²) >= 11 is 0. The van der Waals surface area contributed by atoms with Crippen LogP contribution in [0.2, 0.25) is 0 Å². The summed E-state index contributed by atoms with van der Waals surface area (Å²) in [5.41, 5.74) is 1.91. The second-order valence-electron chi connectivity index (χ2n) is 7.24. The maximum atomic E-state index is 12.9. The summed E-state index contributed by atoms with van der Waals surface area (Å²) in [6.07, 6.45) is -0.308. The van der Waals surface area contributed by atoms with Crippen molar-refractivity contribution in [2.75, 3.05) is 25.5 Å². The Kier molecular flexibility index (Phi) is 6.26. The van der Waals surface area contributed by atoms with E-state index < -0.39 is 10.0 Å². The molecule has 0 aromatic heterocycles. The van der Waals surface area contributed by atoms with Crippen LogP contribution in [0.25, 0.3) is 0 Å². The van der Waals surface area contributed by atoms with Crippen molar-refractivity contribution in [2.45, 2.75) is 37.9 Å². The molecule has 1 aliphatic heterocycles. The number of anilines is 1. The topological polar surface area (TPSA) is 84.9 Å². The highest BCUT2D eigenvalue weighted by Crippen LogP contribution is 2.23. The molecule has 1 saturated heterocycles. The Labute approximate surface area is 171 Å². The third-order valence-electron chi connectivity index (χ3n) is 4.81. The normalized spacial score (nSPS) is 20.3. The first kappa shape index (κ1) is 21.3. The second-order valence-corrected chi connectivity index (χ2v) is 9.18. The fourth-order valence-electron chi connectivity index (χ4n) is 3.35. The quantitative estimate of drug-likeness (QED) is 0.807. The van der Waals surface area contributed by atoms with Gasteiger partial charge in [0.2, 0.25) is 10.0 Å². The average Bonchev–Trinajstić information content (AvgIpc) is 2.68. The molecule has 2 atom stereocenters. The minimum absolute atomic E-state index is 0.154. The van der Waals surface area contributed by atoms with Gasteiger partial charge in [0.1, 0.15) is 5.75 Å². The van der Waals surface area contributed by atoms with Gasteiger partial charge in [-0.1, -0.05) is 6.07 Å². The number of nitrogens with one attached hydrogen (secondary N) is 1. The van der Waals surface area contributed by atoms with Crippen LogP contribution in [0, 0.1) is 6.92 Å². The molecule has 2 unspecified atom stereocenters. The monoisotopic (exact) mass is 418 g/mol. The Bertz CT molecular complexity index is 979. The molecule has 1 heterocycles. The molecule has 0 radical (unpaired) electrons. The van der Waals surface area contributed by atoms with Crippen molar-refractivity contribution in [1.82, 2.24) is 4.31 Å². The number of amides is 1. The molecule has 156 valence electrons. The fraction of sp³-hybridized carbons (Fsp3) is 0.381.